The van der Waals surface area contributed by atoms with Gasteiger partial charge in [0.1, 0.15) is 11.5 Å². The van der Waals surface area contributed by atoms with E-state index in [2.05, 4.69) is 15.9 Å². The van der Waals surface area contributed by atoms with Crippen LogP contribution < -0.4 is 4.74 Å². The Morgan fingerprint density at radius 3 is 2.68 bits per heavy atom. The van der Waals surface area contributed by atoms with E-state index in [1.807, 2.05) is 32.0 Å². The Hall–Kier alpha value is -1.75. The highest BCUT2D eigenvalue weighted by molar-refractivity contribution is 9.10. The topological polar surface area (TPSA) is 59.7 Å². The Labute approximate surface area is 119 Å². The second-order valence-electron chi connectivity index (χ2n) is 4.18. The molecule has 0 fully saturated rings. The van der Waals surface area contributed by atoms with E-state index in [9.17, 15) is 4.79 Å². The van der Waals surface area contributed by atoms with Gasteiger partial charge in [0.2, 0.25) is 5.76 Å². The van der Waals surface area contributed by atoms with Crippen LogP contribution >= 0.6 is 15.9 Å². The van der Waals surface area contributed by atoms with Crippen LogP contribution in [0.5, 0.6) is 5.75 Å². The van der Waals surface area contributed by atoms with Gasteiger partial charge in [-0.2, -0.15) is 0 Å². The molecule has 19 heavy (non-hydrogen) atoms. The van der Waals surface area contributed by atoms with Crippen LogP contribution in [0, 0.1) is 6.92 Å². The molecule has 0 saturated heterocycles. The van der Waals surface area contributed by atoms with Gasteiger partial charge in [-0.3, -0.25) is 0 Å². The maximum Gasteiger partial charge on any atom is 0.371 e. The molecule has 0 amide bonds. The van der Waals surface area contributed by atoms with Crippen molar-refractivity contribution in [2.75, 3.05) is 0 Å². The monoisotopic (exact) mass is 324 g/mol. The molecule has 2 rings (SSSR count). The molecule has 5 heteroatoms. The Balaban J connectivity index is 2.13. The largest absolute Gasteiger partial charge is 0.483 e. The lowest BCUT2D eigenvalue weighted by Crippen LogP contribution is -2.02. The minimum absolute atomic E-state index is 0.0857. The molecule has 1 atom stereocenters. The summed E-state index contributed by atoms with van der Waals surface area (Å²) in [6.45, 7) is 3.78. The number of hydrogen-bond acceptors (Lipinski definition) is 3. The van der Waals surface area contributed by atoms with Crippen LogP contribution in [-0.4, -0.2) is 11.1 Å². The minimum atomic E-state index is -1.09. The third-order valence-corrected chi connectivity index (χ3v) is 3.57. The third kappa shape index (κ3) is 3.17. The summed E-state index contributed by atoms with van der Waals surface area (Å²) in [6.07, 6.45) is -0.353. The summed E-state index contributed by atoms with van der Waals surface area (Å²) in [5, 5.41) is 8.80. The fourth-order valence-corrected chi connectivity index (χ4v) is 1.89. The molecule has 0 aliphatic carbocycles. The second kappa shape index (κ2) is 5.48. The van der Waals surface area contributed by atoms with Crippen molar-refractivity contribution in [1.29, 1.82) is 0 Å². The number of furan rings is 1. The lowest BCUT2D eigenvalue weighted by atomic mass is 10.2. The molecule has 2 aromatic rings. The number of carbonyl (C=O) groups is 1. The molecule has 0 radical (unpaired) electrons. The van der Waals surface area contributed by atoms with Crippen LogP contribution in [0.3, 0.4) is 0 Å². The van der Waals surface area contributed by atoms with E-state index in [0.717, 1.165) is 10.0 Å². The lowest BCUT2D eigenvalue weighted by Gasteiger charge is -2.13. The molecule has 0 bridgehead atoms. The molecular formula is C14H13BrO4. The Kier molecular flexibility index (Phi) is 3.95. The zero-order valence-electron chi connectivity index (χ0n) is 10.5. The predicted octanol–water partition coefficient (Wildman–Crippen LogP) is 4.19. The summed E-state index contributed by atoms with van der Waals surface area (Å²) in [4.78, 5) is 10.7. The summed E-state index contributed by atoms with van der Waals surface area (Å²) in [7, 11) is 0. The molecular weight excluding hydrogens is 312 g/mol. The number of carboxylic acids is 1. The van der Waals surface area contributed by atoms with Gasteiger partial charge in [-0.1, -0.05) is 15.9 Å². The molecule has 0 saturated carbocycles. The lowest BCUT2D eigenvalue weighted by molar-refractivity contribution is 0.0655. The SMILES string of the molecule is Cc1cc(OC(C)c2ccc(C(=O)O)o2)ccc1Br. The maximum absolute atomic E-state index is 10.7. The third-order valence-electron chi connectivity index (χ3n) is 2.68. The Morgan fingerprint density at radius 2 is 2.11 bits per heavy atom. The highest BCUT2D eigenvalue weighted by Crippen LogP contribution is 2.26. The molecule has 100 valence electrons. The number of halogens is 1. The normalized spacial score (nSPS) is 12.2. The smallest absolute Gasteiger partial charge is 0.371 e. The molecule has 0 aliphatic heterocycles. The summed E-state index contributed by atoms with van der Waals surface area (Å²) < 4.78 is 11.9. The van der Waals surface area contributed by atoms with Gasteiger partial charge in [-0.05, 0) is 49.7 Å². The second-order valence-corrected chi connectivity index (χ2v) is 5.03. The number of ether oxygens (including phenoxy) is 1. The van der Waals surface area contributed by atoms with E-state index in [-0.39, 0.29) is 11.9 Å². The summed E-state index contributed by atoms with van der Waals surface area (Å²) in [6, 6.07) is 8.68. The highest BCUT2D eigenvalue weighted by Gasteiger charge is 2.15. The average molecular weight is 325 g/mol. The van der Waals surface area contributed by atoms with E-state index in [1.54, 1.807) is 6.07 Å². The van der Waals surface area contributed by atoms with Gasteiger partial charge in [0.05, 0.1) is 0 Å². The Morgan fingerprint density at radius 1 is 1.37 bits per heavy atom. The van der Waals surface area contributed by atoms with Crippen molar-refractivity contribution in [3.63, 3.8) is 0 Å². The first-order chi connectivity index (χ1) is 8.97. The summed E-state index contributed by atoms with van der Waals surface area (Å²) in [5.74, 6) is 0.0230. The van der Waals surface area contributed by atoms with Crippen molar-refractivity contribution in [2.24, 2.45) is 0 Å². The quantitative estimate of drug-likeness (QED) is 0.916. The van der Waals surface area contributed by atoms with Crippen molar-refractivity contribution >= 4 is 21.9 Å². The highest BCUT2D eigenvalue weighted by atomic mass is 79.9. The van der Waals surface area contributed by atoms with Crippen LogP contribution in [0.25, 0.3) is 0 Å². The van der Waals surface area contributed by atoms with Crippen LogP contribution in [0.1, 0.15) is 34.9 Å². The zero-order valence-corrected chi connectivity index (χ0v) is 12.1. The van der Waals surface area contributed by atoms with Gasteiger partial charge in [-0.15, -0.1) is 0 Å². The standard InChI is InChI=1S/C14H13BrO4/c1-8-7-10(3-4-11(8)15)18-9(2)12-5-6-13(19-12)14(16)17/h3-7,9H,1-2H3,(H,16,17). The number of rotatable bonds is 4. The molecule has 1 unspecified atom stereocenters. The molecule has 1 aromatic carbocycles. The molecule has 0 aliphatic rings. The van der Waals surface area contributed by atoms with Gasteiger partial charge >= 0.3 is 5.97 Å². The number of carboxylic acid groups (broad SMARTS) is 1. The van der Waals surface area contributed by atoms with E-state index in [4.69, 9.17) is 14.3 Å². The minimum Gasteiger partial charge on any atom is -0.483 e. The van der Waals surface area contributed by atoms with Crippen molar-refractivity contribution in [2.45, 2.75) is 20.0 Å². The van der Waals surface area contributed by atoms with Crippen LogP contribution in [0.2, 0.25) is 0 Å². The number of benzene rings is 1. The van der Waals surface area contributed by atoms with Gasteiger partial charge in [0.15, 0.2) is 6.10 Å². The van der Waals surface area contributed by atoms with Crippen molar-refractivity contribution < 1.29 is 19.1 Å². The van der Waals surface area contributed by atoms with E-state index in [0.29, 0.717) is 11.5 Å². The van der Waals surface area contributed by atoms with E-state index < -0.39 is 5.97 Å². The van der Waals surface area contributed by atoms with E-state index in [1.165, 1.54) is 6.07 Å². The number of aryl methyl sites for hydroxylation is 1. The van der Waals surface area contributed by atoms with Gasteiger partial charge in [-0.25, -0.2) is 4.79 Å². The Bertz CT molecular complexity index is 603. The first-order valence-corrected chi connectivity index (χ1v) is 6.52. The fraction of sp³-hybridized carbons (Fsp3) is 0.214. The molecule has 1 N–H and O–H groups in total. The van der Waals surface area contributed by atoms with Crippen molar-refractivity contribution in [3.8, 4) is 5.75 Å². The zero-order chi connectivity index (χ0) is 14.0. The average Bonchev–Trinajstić information content (AvgIpc) is 2.83. The summed E-state index contributed by atoms with van der Waals surface area (Å²) in [5.41, 5.74) is 1.07. The maximum atomic E-state index is 10.7. The predicted molar refractivity (Wildman–Crippen MR) is 73.6 cm³/mol. The molecule has 4 nitrogen and oxygen atoms in total. The fourth-order valence-electron chi connectivity index (χ4n) is 1.64. The first kappa shape index (κ1) is 13.7. The van der Waals surface area contributed by atoms with Crippen molar-refractivity contribution in [1.82, 2.24) is 0 Å². The van der Waals surface area contributed by atoms with Crippen LogP contribution in [-0.2, 0) is 0 Å². The van der Waals surface area contributed by atoms with Gasteiger partial charge < -0.3 is 14.3 Å². The van der Waals surface area contributed by atoms with Crippen LogP contribution in [0.15, 0.2) is 39.2 Å². The molecule has 1 heterocycles. The summed E-state index contributed by atoms with van der Waals surface area (Å²) >= 11 is 3.42. The first-order valence-electron chi connectivity index (χ1n) is 5.73. The number of aromatic carboxylic acids is 1. The molecule has 0 spiro atoms. The number of hydrogen-bond donors (Lipinski definition) is 1. The van der Waals surface area contributed by atoms with Gasteiger partial charge in [0, 0.05) is 4.47 Å². The van der Waals surface area contributed by atoms with Crippen LogP contribution in [0.4, 0.5) is 0 Å². The van der Waals surface area contributed by atoms with Gasteiger partial charge in [0.25, 0.3) is 0 Å². The molecule has 1 aromatic heterocycles. The van der Waals surface area contributed by atoms with Crippen molar-refractivity contribution in [3.05, 3.63) is 51.9 Å². The van der Waals surface area contributed by atoms with E-state index >= 15 is 0 Å².